The summed E-state index contributed by atoms with van der Waals surface area (Å²) in [6, 6.07) is 5.75. The summed E-state index contributed by atoms with van der Waals surface area (Å²) in [5.74, 6) is -0.134. The lowest BCUT2D eigenvalue weighted by Crippen LogP contribution is -2.35. The lowest BCUT2D eigenvalue weighted by Gasteiger charge is -2.08. The van der Waals surface area contributed by atoms with Crippen molar-refractivity contribution in [2.75, 3.05) is 6.61 Å². The van der Waals surface area contributed by atoms with E-state index < -0.39 is 11.9 Å². The Labute approximate surface area is 87.2 Å². The summed E-state index contributed by atoms with van der Waals surface area (Å²) in [5, 5.41) is 1.98. The zero-order valence-electron chi connectivity index (χ0n) is 8.32. The third-order valence-corrected chi connectivity index (χ3v) is 1.67. The molecule has 0 saturated carbocycles. The monoisotopic (exact) mass is 208 g/mol. The number of urea groups is 1. The van der Waals surface area contributed by atoms with E-state index in [2.05, 4.69) is 0 Å². The highest BCUT2D eigenvalue weighted by atomic mass is 16.5. The first-order valence-electron chi connectivity index (χ1n) is 4.47. The fourth-order valence-electron chi connectivity index (χ4n) is 1.11. The average molecular weight is 208 g/mol. The molecule has 0 aliphatic heterocycles. The van der Waals surface area contributed by atoms with Crippen LogP contribution in [-0.4, -0.2) is 18.5 Å². The number of nitrogens with one attached hydrogen (secondary N) is 1. The van der Waals surface area contributed by atoms with Gasteiger partial charge < -0.3 is 10.5 Å². The first-order chi connectivity index (χ1) is 7.15. The number of hydrogen-bond donors (Lipinski definition) is 2. The van der Waals surface area contributed by atoms with Gasteiger partial charge in [0.25, 0.3) is 5.91 Å². The summed E-state index contributed by atoms with van der Waals surface area (Å²) in [4.78, 5) is 22.0. The van der Waals surface area contributed by atoms with Crippen molar-refractivity contribution in [1.29, 1.82) is 0 Å². The van der Waals surface area contributed by atoms with E-state index in [0.29, 0.717) is 12.4 Å². The van der Waals surface area contributed by atoms with Gasteiger partial charge in [-0.3, -0.25) is 10.1 Å². The molecule has 5 heteroatoms. The van der Waals surface area contributed by atoms with Crippen LogP contribution in [0.2, 0.25) is 0 Å². The van der Waals surface area contributed by atoms with E-state index in [1.54, 1.807) is 24.3 Å². The molecular formula is C10H12N2O3. The van der Waals surface area contributed by atoms with Crippen LogP contribution < -0.4 is 15.8 Å². The van der Waals surface area contributed by atoms with Crippen LogP contribution >= 0.6 is 0 Å². The van der Waals surface area contributed by atoms with Crippen molar-refractivity contribution in [1.82, 2.24) is 5.32 Å². The Morgan fingerprint density at radius 1 is 1.40 bits per heavy atom. The smallest absolute Gasteiger partial charge is 0.319 e. The molecule has 1 aromatic carbocycles. The second-order valence-corrected chi connectivity index (χ2v) is 2.75. The van der Waals surface area contributed by atoms with Gasteiger partial charge in [-0.05, 0) is 19.1 Å². The summed E-state index contributed by atoms with van der Waals surface area (Å²) >= 11 is 0. The Bertz CT molecular complexity index is 377. The number of benzene rings is 1. The van der Waals surface area contributed by atoms with E-state index in [1.165, 1.54) is 0 Å². The van der Waals surface area contributed by atoms with Gasteiger partial charge in [-0.25, -0.2) is 4.79 Å². The number of rotatable bonds is 3. The van der Waals surface area contributed by atoms with Gasteiger partial charge in [0, 0.05) is 0 Å². The number of carbonyl (C=O) groups is 2. The van der Waals surface area contributed by atoms with Crippen LogP contribution in [0, 0.1) is 0 Å². The van der Waals surface area contributed by atoms with E-state index >= 15 is 0 Å². The molecule has 3 amide bonds. The summed E-state index contributed by atoms with van der Waals surface area (Å²) in [5.41, 5.74) is 5.13. The molecule has 80 valence electrons. The van der Waals surface area contributed by atoms with Gasteiger partial charge in [0.1, 0.15) is 5.75 Å². The van der Waals surface area contributed by atoms with Gasteiger partial charge in [0.05, 0.1) is 12.2 Å². The largest absolute Gasteiger partial charge is 0.493 e. The normalized spacial score (nSPS) is 9.40. The molecule has 0 heterocycles. The van der Waals surface area contributed by atoms with Gasteiger partial charge in [0.15, 0.2) is 0 Å². The van der Waals surface area contributed by atoms with Crippen LogP contribution in [0.25, 0.3) is 0 Å². The molecule has 0 atom stereocenters. The zero-order valence-corrected chi connectivity index (χ0v) is 8.32. The lowest BCUT2D eigenvalue weighted by atomic mass is 10.2. The highest BCUT2D eigenvalue weighted by Crippen LogP contribution is 2.17. The minimum absolute atomic E-state index is 0.290. The fraction of sp³-hybridized carbons (Fsp3) is 0.200. The van der Waals surface area contributed by atoms with Crippen molar-refractivity contribution in [2.24, 2.45) is 5.73 Å². The predicted octanol–water partition coefficient (Wildman–Crippen LogP) is 0.894. The van der Waals surface area contributed by atoms with Crippen LogP contribution in [0.15, 0.2) is 24.3 Å². The minimum Gasteiger partial charge on any atom is -0.493 e. The van der Waals surface area contributed by atoms with Gasteiger partial charge in [0.2, 0.25) is 0 Å². The Balaban J connectivity index is 2.91. The quantitative estimate of drug-likeness (QED) is 0.774. The molecule has 0 bridgehead atoms. The molecule has 3 N–H and O–H groups in total. The van der Waals surface area contributed by atoms with Gasteiger partial charge in [-0.1, -0.05) is 12.1 Å². The maximum Gasteiger partial charge on any atom is 0.319 e. The van der Waals surface area contributed by atoms with Gasteiger partial charge in [-0.15, -0.1) is 0 Å². The molecule has 1 aromatic rings. The molecule has 0 aliphatic rings. The number of ether oxygens (including phenoxy) is 1. The zero-order chi connectivity index (χ0) is 11.3. The third-order valence-electron chi connectivity index (χ3n) is 1.67. The van der Waals surface area contributed by atoms with Crippen LogP contribution in [0.5, 0.6) is 5.75 Å². The summed E-state index contributed by atoms with van der Waals surface area (Å²) in [6.07, 6.45) is 0. The van der Waals surface area contributed by atoms with Crippen LogP contribution in [0.1, 0.15) is 17.3 Å². The van der Waals surface area contributed by atoms with Crippen molar-refractivity contribution in [2.45, 2.75) is 6.92 Å². The topological polar surface area (TPSA) is 81.4 Å². The van der Waals surface area contributed by atoms with Crippen molar-refractivity contribution >= 4 is 11.9 Å². The second-order valence-electron chi connectivity index (χ2n) is 2.75. The standard InChI is InChI=1S/C10H12N2O3/c1-2-15-8-6-4-3-5-7(8)9(13)12-10(11)14/h3-6H,2H2,1H3,(H3,11,12,13,14). The molecular weight excluding hydrogens is 196 g/mol. The number of carbonyl (C=O) groups excluding carboxylic acids is 2. The number of amides is 3. The van der Waals surface area contributed by atoms with E-state index in [9.17, 15) is 9.59 Å². The number of hydrogen-bond acceptors (Lipinski definition) is 3. The molecule has 0 radical (unpaired) electrons. The molecule has 1 rings (SSSR count). The maximum atomic E-state index is 11.5. The number of para-hydroxylation sites is 1. The SMILES string of the molecule is CCOc1ccccc1C(=O)NC(N)=O. The van der Waals surface area contributed by atoms with Crippen molar-refractivity contribution in [3.63, 3.8) is 0 Å². The van der Waals surface area contributed by atoms with Gasteiger partial charge in [-0.2, -0.15) is 0 Å². The molecule has 0 unspecified atom stereocenters. The van der Waals surface area contributed by atoms with E-state index in [0.717, 1.165) is 0 Å². The summed E-state index contributed by atoms with van der Waals surface area (Å²) < 4.78 is 5.23. The Morgan fingerprint density at radius 3 is 2.67 bits per heavy atom. The first-order valence-corrected chi connectivity index (χ1v) is 4.47. The highest BCUT2D eigenvalue weighted by Gasteiger charge is 2.12. The third kappa shape index (κ3) is 2.98. The molecule has 5 nitrogen and oxygen atoms in total. The van der Waals surface area contributed by atoms with Crippen molar-refractivity contribution < 1.29 is 14.3 Å². The fourth-order valence-corrected chi connectivity index (χ4v) is 1.11. The Morgan fingerprint density at radius 2 is 2.07 bits per heavy atom. The molecule has 0 spiro atoms. The van der Waals surface area contributed by atoms with E-state index in [4.69, 9.17) is 10.5 Å². The number of nitrogens with two attached hydrogens (primary N) is 1. The lowest BCUT2D eigenvalue weighted by molar-refractivity contribution is 0.0962. The van der Waals surface area contributed by atoms with E-state index in [1.807, 2.05) is 12.2 Å². The van der Waals surface area contributed by atoms with Crippen molar-refractivity contribution in [3.05, 3.63) is 29.8 Å². The highest BCUT2D eigenvalue weighted by molar-refractivity contribution is 6.05. The molecule has 0 saturated heterocycles. The minimum atomic E-state index is -0.883. The first kappa shape index (κ1) is 11.0. The van der Waals surface area contributed by atoms with Crippen LogP contribution in [0.3, 0.4) is 0 Å². The second kappa shape index (κ2) is 4.99. The molecule has 15 heavy (non-hydrogen) atoms. The van der Waals surface area contributed by atoms with Crippen LogP contribution in [-0.2, 0) is 0 Å². The van der Waals surface area contributed by atoms with E-state index in [-0.39, 0.29) is 5.56 Å². The molecule has 0 aromatic heterocycles. The Hall–Kier alpha value is -2.04. The van der Waals surface area contributed by atoms with Crippen molar-refractivity contribution in [3.8, 4) is 5.75 Å². The number of imide groups is 1. The predicted molar refractivity (Wildman–Crippen MR) is 54.7 cm³/mol. The molecule has 0 fully saturated rings. The Kier molecular flexibility index (Phi) is 3.68. The summed E-state index contributed by atoms with van der Waals surface area (Å²) in [6.45, 7) is 2.25. The maximum absolute atomic E-state index is 11.5. The van der Waals surface area contributed by atoms with Gasteiger partial charge >= 0.3 is 6.03 Å². The molecule has 0 aliphatic carbocycles. The number of primary amides is 1. The summed E-state index contributed by atoms with van der Waals surface area (Å²) in [7, 11) is 0. The average Bonchev–Trinajstić information content (AvgIpc) is 2.18. The van der Waals surface area contributed by atoms with Crippen LogP contribution in [0.4, 0.5) is 4.79 Å².